The molecule has 1 aliphatic heterocycles. The Morgan fingerprint density at radius 3 is 3.31 bits per heavy atom. The molecule has 1 aromatic rings. The van der Waals surface area contributed by atoms with Gasteiger partial charge in [-0.1, -0.05) is 6.08 Å². The summed E-state index contributed by atoms with van der Waals surface area (Å²) in [7, 11) is 0. The normalized spacial score (nSPS) is 23.1. The fourth-order valence-corrected chi connectivity index (χ4v) is 2.93. The Kier molecular flexibility index (Phi) is 2.36. The first kappa shape index (κ1) is 9.78. The molecule has 1 aromatic heterocycles. The molecule has 0 spiro atoms. The van der Waals surface area contributed by atoms with E-state index in [0.717, 1.165) is 36.5 Å². The van der Waals surface area contributed by atoms with Crippen molar-refractivity contribution in [2.75, 3.05) is 6.61 Å². The quantitative estimate of drug-likeness (QED) is 0.737. The zero-order valence-corrected chi connectivity index (χ0v) is 9.50. The predicted molar refractivity (Wildman–Crippen MR) is 61.6 cm³/mol. The van der Waals surface area contributed by atoms with Crippen molar-refractivity contribution in [3.63, 3.8) is 0 Å². The van der Waals surface area contributed by atoms with Gasteiger partial charge in [-0.2, -0.15) is 0 Å². The van der Waals surface area contributed by atoms with Crippen LogP contribution in [0, 0.1) is 0 Å². The Balaban J connectivity index is 1.87. The maximum Gasteiger partial charge on any atom is 0.169 e. The molecule has 3 rings (SSSR count). The molecular formula is C12H11NO2S. The van der Waals surface area contributed by atoms with E-state index in [1.807, 2.05) is 5.38 Å². The van der Waals surface area contributed by atoms with E-state index in [0.29, 0.717) is 11.6 Å². The summed E-state index contributed by atoms with van der Waals surface area (Å²) in [6.45, 7) is 0.793. The summed E-state index contributed by atoms with van der Waals surface area (Å²) in [5, 5.41) is 2.84. The number of aldehydes is 1. The molecule has 16 heavy (non-hydrogen) atoms. The lowest BCUT2D eigenvalue weighted by atomic mass is 9.95. The van der Waals surface area contributed by atoms with Gasteiger partial charge >= 0.3 is 0 Å². The highest BCUT2D eigenvalue weighted by Crippen LogP contribution is 2.36. The Morgan fingerprint density at radius 1 is 1.56 bits per heavy atom. The van der Waals surface area contributed by atoms with E-state index in [9.17, 15) is 4.79 Å². The maximum atomic E-state index is 10.6. The number of nitrogens with zero attached hydrogens (tertiary/aromatic N) is 1. The third-order valence-corrected chi connectivity index (χ3v) is 3.88. The second-order valence-corrected chi connectivity index (χ2v) is 4.82. The topological polar surface area (TPSA) is 39.2 Å². The number of carbonyl (C=O) groups is 1. The van der Waals surface area contributed by atoms with Crippen LogP contribution in [0.15, 0.2) is 28.9 Å². The highest BCUT2D eigenvalue weighted by molar-refractivity contribution is 7.09. The highest BCUT2D eigenvalue weighted by atomic mass is 32.1. The molecule has 1 fully saturated rings. The van der Waals surface area contributed by atoms with Gasteiger partial charge in [0.25, 0.3) is 0 Å². The Hall–Kier alpha value is -1.42. The highest BCUT2D eigenvalue weighted by Gasteiger charge is 2.23. The van der Waals surface area contributed by atoms with Crippen molar-refractivity contribution in [1.29, 1.82) is 0 Å². The van der Waals surface area contributed by atoms with Crippen LogP contribution >= 0.6 is 11.3 Å². The van der Waals surface area contributed by atoms with Gasteiger partial charge in [0.15, 0.2) is 6.29 Å². The molecule has 0 N–H and O–H groups in total. The third kappa shape index (κ3) is 1.59. The monoisotopic (exact) mass is 233 g/mol. The van der Waals surface area contributed by atoms with Crippen LogP contribution in [0.3, 0.4) is 0 Å². The number of ether oxygens (including phenoxy) is 1. The van der Waals surface area contributed by atoms with Gasteiger partial charge in [0.2, 0.25) is 0 Å². The zero-order valence-electron chi connectivity index (χ0n) is 8.68. The largest absolute Gasteiger partial charge is 0.493 e. The molecule has 0 saturated carbocycles. The van der Waals surface area contributed by atoms with E-state index >= 15 is 0 Å². The standard InChI is InChI=1S/C12H11NO2S/c14-6-10-7-16-12(13-10)9-1-2-11-8(5-9)3-4-15-11/h2,5-7,9H,1,3-4H2. The van der Waals surface area contributed by atoms with Gasteiger partial charge in [-0.15, -0.1) is 11.3 Å². The lowest BCUT2D eigenvalue weighted by Gasteiger charge is -2.14. The maximum absolute atomic E-state index is 10.6. The number of hydrogen-bond acceptors (Lipinski definition) is 4. The molecule has 1 atom stereocenters. The molecule has 3 nitrogen and oxygen atoms in total. The summed E-state index contributed by atoms with van der Waals surface area (Å²) in [5.41, 5.74) is 1.83. The lowest BCUT2D eigenvalue weighted by Crippen LogP contribution is -2.01. The van der Waals surface area contributed by atoms with Crippen LogP contribution < -0.4 is 0 Å². The fraction of sp³-hybridized carbons (Fsp3) is 0.333. The number of allylic oxidation sites excluding steroid dienone is 3. The molecule has 2 aliphatic rings. The lowest BCUT2D eigenvalue weighted by molar-refractivity contribution is 0.111. The fourth-order valence-electron chi connectivity index (χ4n) is 2.08. The molecule has 82 valence electrons. The predicted octanol–water partition coefficient (Wildman–Crippen LogP) is 2.67. The summed E-state index contributed by atoms with van der Waals surface area (Å²) < 4.78 is 5.49. The molecule has 0 bridgehead atoms. The van der Waals surface area contributed by atoms with Gasteiger partial charge in [0, 0.05) is 17.7 Å². The van der Waals surface area contributed by atoms with E-state index in [2.05, 4.69) is 17.1 Å². The number of aromatic nitrogens is 1. The van der Waals surface area contributed by atoms with Gasteiger partial charge in [-0.25, -0.2) is 4.98 Å². The molecule has 1 aliphatic carbocycles. The van der Waals surface area contributed by atoms with Gasteiger partial charge < -0.3 is 4.74 Å². The van der Waals surface area contributed by atoms with E-state index < -0.39 is 0 Å². The van der Waals surface area contributed by atoms with E-state index in [1.165, 1.54) is 5.57 Å². The summed E-state index contributed by atoms with van der Waals surface area (Å²) in [6, 6.07) is 0. The second-order valence-electron chi connectivity index (χ2n) is 3.93. The number of thiazole rings is 1. The first-order valence-corrected chi connectivity index (χ1v) is 6.19. The number of fused-ring (bicyclic) bond motifs is 1. The van der Waals surface area contributed by atoms with Crippen LogP contribution in [-0.4, -0.2) is 17.9 Å². The molecule has 1 saturated heterocycles. The van der Waals surface area contributed by atoms with Crippen molar-refractivity contribution in [2.24, 2.45) is 0 Å². The summed E-state index contributed by atoms with van der Waals surface area (Å²) in [5.74, 6) is 1.36. The summed E-state index contributed by atoms with van der Waals surface area (Å²) in [6.07, 6.45) is 7.08. The molecule has 0 aromatic carbocycles. The van der Waals surface area contributed by atoms with Crippen LogP contribution in [0.2, 0.25) is 0 Å². The van der Waals surface area contributed by atoms with Crippen LogP contribution in [0.5, 0.6) is 0 Å². The molecule has 0 amide bonds. The van der Waals surface area contributed by atoms with Crippen molar-refractivity contribution in [1.82, 2.24) is 4.98 Å². The van der Waals surface area contributed by atoms with Crippen LogP contribution in [-0.2, 0) is 4.74 Å². The molecule has 0 radical (unpaired) electrons. The SMILES string of the molecule is O=Cc1csc(C2C=C3CCOC3=CC2)n1. The van der Waals surface area contributed by atoms with Crippen LogP contribution in [0.4, 0.5) is 0 Å². The summed E-state index contributed by atoms with van der Waals surface area (Å²) >= 11 is 1.56. The molecule has 1 unspecified atom stereocenters. The Morgan fingerprint density at radius 2 is 2.50 bits per heavy atom. The van der Waals surface area contributed by atoms with Gasteiger partial charge in [0.1, 0.15) is 16.5 Å². The van der Waals surface area contributed by atoms with Gasteiger partial charge in [-0.05, 0) is 18.1 Å². The van der Waals surface area contributed by atoms with Crippen molar-refractivity contribution >= 4 is 17.6 Å². The van der Waals surface area contributed by atoms with Crippen molar-refractivity contribution in [3.05, 3.63) is 39.6 Å². The van der Waals surface area contributed by atoms with E-state index in [1.54, 1.807) is 11.3 Å². The third-order valence-electron chi connectivity index (χ3n) is 2.88. The van der Waals surface area contributed by atoms with Crippen LogP contribution in [0.25, 0.3) is 0 Å². The molecular weight excluding hydrogens is 222 g/mol. The van der Waals surface area contributed by atoms with E-state index in [4.69, 9.17) is 4.74 Å². The minimum atomic E-state index is 0.319. The zero-order chi connectivity index (χ0) is 11.0. The first-order chi connectivity index (χ1) is 7.86. The number of rotatable bonds is 2. The minimum absolute atomic E-state index is 0.319. The van der Waals surface area contributed by atoms with Gasteiger partial charge in [-0.3, -0.25) is 4.79 Å². The first-order valence-electron chi connectivity index (χ1n) is 5.31. The molecule has 2 heterocycles. The number of hydrogen-bond donors (Lipinski definition) is 0. The average molecular weight is 233 g/mol. The summed E-state index contributed by atoms with van der Waals surface area (Å²) in [4.78, 5) is 14.9. The van der Waals surface area contributed by atoms with Crippen molar-refractivity contribution < 1.29 is 9.53 Å². The van der Waals surface area contributed by atoms with Crippen LogP contribution in [0.1, 0.15) is 34.3 Å². The Labute approximate surface area is 97.5 Å². The van der Waals surface area contributed by atoms with Gasteiger partial charge in [0.05, 0.1) is 6.61 Å². The van der Waals surface area contributed by atoms with E-state index in [-0.39, 0.29) is 0 Å². The second kappa shape index (κ2) is 3.87. The smallest absolute Gasteiger partial charge is 0.169 e. The minimum Gasteiger partial charge on any atom is -0.493 e. The average Bonchev–Trinajstić information content (AvgIpc) is 2.96. The Bertz CT molecular complexity index is 487. The van der Waals surface area contributed by atoms with Crippen molar-refractivity contribution in [3.8, 4) is 0 Å². The van der Waals surface area contributed by atoms with Crippen molar-refractivity contribution in [2.45, 2.75) is 18.8 Å². The number of carbonyl (C=O) groups excluding carboxylic acids is 1. The molecule has 4 heteroatoms.